The van der Waals surface area contributed by atoms with E-state index >= 15 is 0 Å². The monoisotopic (exact) mass is 251 g/mol. The summed E-state index contributed by atoms with van der Waals surface area (Å²) >= 11 is 0. The highest BCUT2D eigenvalue weighted by Gasteiger charge is 2.43. The highest BCUT2D eigenvalue weighted by molar-refractivity contribution is 5.85. The zero-order chi connectivity index (χ0) is 14.3. The second kappa shape index (κ2) is 4.52. The Hall–Kier alpha value is -1.12. The number of hydrogen-bond acceptors (Lipinski definition) is 2. The molecule has 18 heavy (non-hydrogen) atoms. The van der Waals surface area contributed by atoms with Crippen LogP contribution in [0, 0.1) is 11.3 Å². The Morgan fingerprint density at radius 1 is 1.39 bits per heavy atom. The van der Waals surface area contributed by atoms with Gasteiger partial charge in [-0.1, -0.05) is 27.4 Å². The second-order valence-electron chi connectivity index (χ2n) is 6.77. The van der Waals surface area contributed by atoms with Crippen LogP contribution in [0.3, 0.4) is 0 Å². The van der Waals surface area contributed by atoms with E-state index in [1.165, 1.54) is 0 Å². The summed E-state index contributed by atoms with van der Waals surface area (Å²) in [6.07, 6.45) is 1.37. The minimum Gasteiger partial charge on any atom is -0.311 e. The van der Waals surface area contributed by atoms with Gasteiger partial charge in [-0.2, -0.15) is 0 Å². The van der Waals surface area contributed by atoms with Crippen molar-refractivity contribution in [1.82, 2.24) is 4.90 Å². The van der Waals surface area contributed by atoms with Crippen molar-refractivity contribution >= 4 is 11.7 Å². The third-order valence-corrected chi connectivity index (χ3v) is 3.93. The lowest BCUT2D eigenvalue weighted by atomic mass is 9.76. The fourth-order valence-corrected chi connectivity index (χ4v) is 2.92. The molecule has 0 bridgehead atoms. The molecule has 1 aliphatic rings. The summed E-state index contributed by atoms with van der Waals surface area (Å²) in [5.74, 6) is 0.294. The topological polar surface area (TPSA) is 37.4 Å². The molecule has 1 amide bonds. The van der Waals surface area contributed by atoms with E-state index in [9.17, 15) is 9.59 Å². The Labute approximate surface area is 110 Å². The third-order valence-electron chi connectivity index (χ3n) is 3.93. The number of carbonyl (C=O) groups excluding carboxylic acids is 2. The molecule has 0 saturated carbocycles. The Morgan fingerprint density at radius 2 is 1.89 bits per heavy atom. The fraction of sp³-hybridized carbons (Fsp3) is 0.733. The van der Waals surface area contributed by atoms with Gasteiger partial charge in [-0.05, 0) is 33.6 Å². The average molecular weight is 251 g/mol. The van der Waals surface area contributed by atoms with Gasteiger partial charge in [-0.15, -0.1) is 0 Å². The van der Waals surface area contributed by atoms with Gasteiger partial charge in [0, 0.05) is 22.6 Å². The molecular formula is C15H25NO2. The number of hydrogen-bond donors (Lipinski definition) is 0. The lowest BCUT2D eigenvalue weighted by molar-refractivity contribution is -0.136. The first-order chi connectivity index (χ1) is 7.99. The van der Waals surface area contributed by atoms with Gasteiger partial charge in [-0.3, -0.25) is 9.59 Å². The average Bonchev–Trinajstić information content (AvgIpc) is 2.38. The fourth-order valence-electron chi connectivity index (χ4n) is 2.92. The molecule has 1 saturated heterocycles. The molecular weight excluding hydrogens is 226 g/mol. The minimum absolute atomic E-state index is 0.0113. The molecule has 0 radical (unpaired) electrons. The van der Waals surface area contributed by atoms with E-state index in [4.69, 9.17) is 0 Å². The molecule has 1 heterocycles. The number of nitrogens with zero attached hydrogens (tertiary/aromatic N) is 1. The van der Waals surface area contributed by atoms with E-state index in [-0.39, 0.29) is 23.1 Å². The van der Waals surface area contributed by atoms with Gasteiger partial charge in [0.15, 0.2) is 0 Å². The van der Waals surface area contributed by atoms with Crippen LogP contribution < -0.4 is 0 Å². The van der Waals surface area contributed by atoms with E-state index in [0.29, 0.717) is 6.42 Å². The highest BCUT2D eigenvalue weighted by atomic mass is 16.2. The number of allylic oxidation sites excluding steroid dienone is 1. The first-order valence-corrected chi connectivity index (χ1v) is 6.52. The molecule has 3 heteroatoms. The van der Waals surface area contributed by atoms with Crippen molar-refractivity contribution in [3.05, 3.63) is 12.3 Å². The maximum Gasteiger partial charge on any atom is 0.230 e. The molecule has 0 aromatic heterocycles. The number of likely N-dealkylation sites (tertiary alicyclic amines) is 1. The van der Waals surface area contributed by atoms with Crippen LogP contribution in [0.15, 0.2) is 12.3 Å². The number of amides is 1. The van der Waals surface area contributed by atoms with E-state index in [1.807, 2.05) is 34.6 Å². The smallest absolute Gasteiger partial charge is 0.230 e. The van der Waals surface area contributed by atoms with Crippen molar-refractivity contribution in [2.75, 3.05) is 0 Å². The molecule has 0 spiro atoms. The molecule has 0 aliphatic carbocycles. The Balaban J connectivity index is 2.97. The molecule has 0 aromatic rings. The van der Waals surface area contributed by atoms with Gasteiger partial charge in [0.05, 0.1) is 0 Å². The summed E-state index contributed by atoms with van der Waals surface area (Å²) in [5.41, 5.74) is 0.0844. The third kappa shape index (κ3) is 2.65. The summed E-state index contributed by atoms with van der Waals surface area (Å²) in [6.45, 7) is 15.4. The van der Waals surface area contributed by atoms with E-state index < -0.39 is 5.41 Å². The van der Waals surface area contributed by atoms with E-state index in [2.05, 4.69) is 6.58 Å². The molecule has 1 atom stereocenters. The maximum absolute atomic E-state index is 12.2. The van der Waals surface area contributed by atoms with Gasteiger partial charge >= 0.3 is 0 Å². The van der Waals surface area contributed by atoms with Gasteiger partial charge in [0.1, 0.15) is 5.78 Å². The first-order valence-electron chi connectivity index (χ1n) is 6.52. The lowest BCUT2D eigenvalue weighted by Gasteiger charge is -2.41. The van der Waals surface area contributed by atoms with Crippen LogP contribution >= 0.6 is 0 Å². The molecule has 1 fully saturated rings. The van der Waals surface area contributed by atoms with E-state index in [1.54, 1.807) is 11.8 Å². The normalized spacial score (nSPS) is 21.7. The first kappa shape index (κ1) is 14.9. The summed E-state index contributed by atoms with van der Waals surface area (Å²) in [6, 6.07) is 0. The van der Waals surface area contributed by atoms with Gasteiger partial charge < -0.3 is 4.90 Å². The van der Waals surface area contributed by atoms with Crippen LogP contribution in [0.1, 0.15) is 54.4 Å². The second-order valence-corrected chi connectivity index (χ2v) is 6.77. The standard InChI is InChI=1S/C15H25NO2/c1-10-8-11(2)16(13(10)18)15(6,7)9-14(4,5)12(3)17/h10H,2,8-9H2,1,3-7H3. The molecule has 1 unspecified atom stereocenters. The number of Topliss-reactive ketones (excluding diaryl/α,β-unsaturated/α-hetero) is 1. The highest BCUT2D eigenvalue weighted by Crippen LogP contribution is 2.39. The number of ketones is 1. The van der Waals surface area contributed by atoms with Crippen molar-refractivity contribution in [2.24, 2.45) is 11.3 Å². The zero-order valence-corrected chi connectivity index (χ0v) is 12.5. The minimum atomic E-state index is -0.421. The quantitative estimate of drug-likeness (QED) is 0.769. The predicted octanol–water partition coefficient (Wildman–Crippen LogP) is 3.15. The van der Waals surface area contributed by atoms with Crippen LogP contribution in [-0.2, 0) is 9.59 Å². The number of carbonyl (C=O) groups is 2. The Bertz CT molecular complexity index is 393. The summed E-state index contributed by atoms with van der Waals surface area (Å²) in [4.78, 5) is 25.7. The number of rotatable bonds is 4. The van der Waals surface area contributed by atoms with Gasteiger partial charge in [0.2, 0.25) is 5.91 Å². The SMILES string of the molecule is C=C1CC(C)C(=O)N1C(C)(C)CC(C)(C)C(C)=O. The Kier molecular flexibility index (Phi) is 3.75. The van der Waals surface area contributed by atoms with Crippen molar-refractivity contribution in [1.29, 1.82) is 0 Å². The molecule has 3 nitrogen and oxygen atoms in total. The van der Waals surface area contributed by atoms with Crippen molar-refractivity contribution in [3.63, 3.8) is 0 Å². The van der Waals surface area contributed by atoms with Crippen LogP contribution in [0.25, 0.3) is 0 Å². The van der Waals surface area contributed by atoms with Gasteiger partial charge in [-0.25, -0.2) is 0 Å². The molecule has 1 rings (SSSR count). The van der Waals surface area contributed by atoms with Crippen molar-refractivity contribution < 1.29 is 9.59 Å². The molecule has 1 aliphatic heterocycles. The lowest BCUT2D eigenvalue weighted by Crippen LogP contribution is -2.48. The van der Waals surface area contributed by atoms with Crippen molar-refractivity contribution in [2.45, 2.75) is 59.9 Å². The summed E-state index contributed by atoms with van der Waals surface area (Å²) in [5, 5.41) is 0. The molecule has 0 N–H and O–H groups in total. The van der Waals surface area contributed by atoms with E-state index in [0.717, 1.165) is 12.1 Å². The van der Waals surface area contributed by atoms with Crippen LogP contribution in [0.5, 0.6) is 0 Å². The van der Waals surface area contributed by atoms with Gasteiger partial charge in [0.25, 0.3) is 0 Å². The van der Waals surface area contributed by atoms with Crippen LogP contribution in [0.2, 0.25) is 0 Å². The predicted molar refractivity (Wildman–Crippen MR) is 72.9 cm³/mol. The Morgan fingerprint density at radius 3 is 2.22 bits per heavy atom. The summed E-state index contributed by atoms with van der Waals surface area (Å²) < 4.78 is 0. The largest absolute Gasteiger partial charge is 0.311 e. The zero-order valence-electron chi connectivity index (χ0n) is 12.5. The van der Waals surface area contributed by atoms with Crippen LogP contribution in [-0.4, -0.2) is 22.1 Å². The van der Waals surface area contributed by atoms with Crippen LogP contribution in [0.4, 0.5) is 0 Å². The maximum atomic E-state index is 12.2. The van der Waals surface area contributed by atoms with Crippen molar-refractivity contribution in [3.8, 4) is 0 Å². The molecule has 0 aromatic carbocycles. The summed E-state index contributed by atoms with van der Waals surface area (Å²) in [7, 11) is 0. The molecule has 102 valence electrons.